The number of hydrogen-bond acceptors (Lipinski definition) is 3. The molecule has 1 unspecified atom stereocenters. The lowest BCUT2D eigenvalue weighted by Gasteiger charge is -2.08. The Labute approximate surface area is 79.0 Å². The zero-order chi connectivity index (χ0) is 9.52. The Kier molecular flexibility index (Phi) is 4.78. The first-order valence-electron chi connectivity index (χ1n) is 4.84. The third kappa shape index (κ3) is 3.74. The molecular weight excluding hydrogens is 168 g/mol. The van der Waals surface area contributed by atoms with Crippen LogP contribution >= 0.6 is 0 Å². The molecule has 0 spiro atoms. The van der Waals surface area contributed by atoms with Crippen LogP contribution in [0.4, 0.5) is 0 Å². The Morgan fingerprint density at radius 1 is 1.54 bits per heavy atom. The Balaban J connectivity index is 2.03. The van der Waals surface area contributed by atoms with Gasteiger partial charge in [0.15, 0.2) is 0 Å². The van der Waals surface area contributed by atoms with Gasteiger partial charge in [0, 0.05) is 13.2 Å². The van der Waals surface area contributed by atoms with E-state index in [2.05, 4.69) is 10.6 Å². The number of ether oxygens (including phenoxy) is 1. The predicted octanol–water partition coefficient (Wildman–Crippen LogP) is -0.251. The molecular formula is C9H18N2O2. The molecule has 76 valence electrons. The van der Waals surface area contributed by atoms with Gasteiger partial charge in [-0.1, -0.05) is 0 Å². The quantitative estimate of drug-likeness (QED) is 0.582. The van der Waals surface area contributed by atoms with Crippen molar-refractivity contribution in [1.29, 1.82) is 0 Å². The molecule has 4 heteroatoms. The molecule has 1 rings (SSSR count). The Morgan fingerprint density at radius 3 is 3.00 bits per heavy atom. The zero-order valence-electron chi connectivity index (χ0n) is 8.14. The first-order valence-corrected chi connectivity index (χ1v) is 4.84. The minimum absolute atomic E-state index is 0.0922. The van der Waals surface area contributed by atoms with Gasteiger partial charge in [-0.2, -0.15) is 0 Å². The normalized spacial score (nSPS) is 21.8. The van der Waals surface area contributed by atoms with E-state index >= 15 is 0 Å². The zero-order valence-corrected chi connectivity index (χ0v) is 8.14. The molecule has 0 aromatic rings. The van der Waals surface area contributed by atoms with Crippen LogP contribution in [0.3, 0.4) is 0 Å². The second-order valence-electron chi connectivity index (χ2n) is 3.31. The molecule has 1 heterocycles. The molecule has 1 saturated heterocycles. The van der Waals surface area contributed by atoms with Crippen molar-refractivity contribution in [3.63, 3.8) is 0 Å². The van der Waals surface area contributed by atoms with E-state index < -0.39 is 0 Å². The molecule has 13 heavy (non-hydrogen) atoms. The van der Waals surface area contributed by atoms with Gasteiger partial charge in [-0.3, -0.25) is 4.79 Å². The minimum atomic E-state index is 0.0922. The summed E-state index contributed by atoms with van der Waals surface area (Å²) in [6, 6.07) is 0. The number of nitrogens with one attached hydrogen (secondary N) is 2. The molecule has 1 atom stereocenters. The summed E-state index contributed by atoms with van der Waals surface area (Å²) in [7, 11) is 1.91. The highest BCUT2D eigenvalue weighted by Crippen LogP contribution is 2.11. The van der Waals surface area contributed by atoms with E-state index in [0.29, 0.717) is 6.61 Å². The first kappa shape index (κ1) is 10.5. The molecule has 1 aliphatic heterocycles. The maximum Gasteiger partial charge on any atom is 0.225 e. The molecule has 0 radical (unpaired) electrons. The van der Waals surface area contributed by atoms with E-state index in [9.17, 15) is 4.79 Å². The van der Waals surface area contributed by atoms with E-state index in [-0.39, 0.29) is 11.8 Å². The van der Waals surface area contributed by atoms with Gasteiger partial charge < -0.3 is 15.4 Å². The van der Waals surface area contributed by atoms with Crippen LogP contribution in [-0.4, -0.2) is 39.3 Å². The molecule has 1 aliphatic rings. The van der Waals surface area contributed by atoms with Gasteiger partial charge in [-0.25, -0.2) is 0 Å². The Morgan fingerprint density at radius 2 is 2.38 bits per heavy atom. The molecule has 1 fully saturated rings. The van der Waals surface area contributed by atoms with E-state index in [4.69, 9.17) is 4.74 Å². The molecule has 0 bridgehead atoms. The van der Waals surface area contributed by atoms with Crippen molar-refractivity contribution in [2.24, 2.45) is 5.92 Å². The van der Waals surface area contributed by atoms with Crippen LogP contribution in [0, 0.1) is 5.92 Å². The van der Waals surface area contributed by atoms with Crippen LogP contribution in [0.2, 0.25) is 0 Å². The lowest BCUT2D eigenvalue weighted by Crippen LogP contribution is -2.32. The van der Waals surface area contributed by atoms with Gasteiger partial charge in [0.2, 0.25) is 5.91 Å². The molecule has 0 aromatic carbocycles. The largest absolute Gasteiger partial charge is 0.381 e. The fourth-order valence-corrected chi connectivity index (χ4v) is 1.36. The summed E-state index contributed by atoms with van der Waals surface area (Å²) >= 11 is 0. The van der Waals surface area contributed by atoms with Crippen molar-refractivity contribution in [1.82, 2.24) is 10.6 Å². The Bertz CT molecular complexity index is 156. The third-order valence-corrected chi connectivity index (χ3v) is 2.20. The maximum absolute atomic E-state index is 11.4. The number of hydrogen-bond donors (Lipinski definition) is 2. The van der Waals surface area contributed by atoms with Crippen LogP contribution in [0.25, 0.3) is 0 Å². The summed E-state index contributed by atoms with van der Waals surface area (Å²) < 4.78 is 5.13. The minimum Gasteiger partial charge on any atom is -0.381 e. The number of carbonyl (C=O) groups is 1. The predicted molar refractivity (Wildman–Crippen MR) is 50.5 cm³/mol. The number of rotatable bonds is 5. The van der Waals surface area contributed by atoms with E-state index in [1.165, 1.54) is 0 Å². The summed E-state index contributed by atoms with van der Waals surface area (Å²) in [5, 5.41) is 5.94. The van der Waals surface area contributed by atoms with Gasteiger partial charge in [-0.05, 0) is 26.4 Å². The maximum atomic E-state index is 11.4. The second-order valence-corrected chi connectivity index (χ2v) is 3.31. The van der Waals surface area contributed by atoms with Crippen molar-refractivity contribution in [2.75, 3.05) is 33.4 Å². The number of carbonyl (C=O) groups excluding carboxylic acids is 1. The topological polar surface area (TPSA) is 50.4 Å². The monoisotopic (exact) mass is 186 g/mol. The van der Waals surface area contributed by atoms with Crippen molar-refractivity contribution >= 4 is 5.91 Å². The van der Waals surface area contributed by atoms with Crippen molar-refractivity contribution in [3.05, 3.63) is 0 Å². The molecule has 4 nitrogen and oxygen atoms in total. The van der Waals surface area contributed by atoms with Crippen LogP contribution in [-0.2, 0) is 9.53 Å². The highest BCUT2D eigenvalue weighted by atomic mass is 16.5. The third-order valence-electron chi connectivity index (χ3n) is 2.20. The van der Waals surface area contributed by atoms with Gasteiger partial charge in [0.05, 0.1) is 12.5 Å². The standard InChI is InChI=1S/C9H18N2O2/c1-10-4-2-5-11-9(12)8-3-6-13-7-8/h8,10H,2-7H2,1H3,(H,11,12). The lowest BCUT2D eigenvalue weighted by molar-refractivity contribution is -0.124. The fourth-order valence-electron chi connectivity index (χ4n) is 1.36. The molecule has 0 aliphatic carbocycles. The molecule has 0 saturated carbocycles. The fraction of sp³-hybridized carbons (Fsp3) is 0.889. The van der Waals surface area contributed by atoms with Crippen LogP contribution < -0.4 is 10.6 Å². The van der Waals surface area contributed by atoms with E-state index in [1.54, 1.807) is 0 Å². The molecule has 1 amide bonds. The molecule has 0 aromatic heterocycles. The van der Waals surface area contributed by atoms with Crippen molar-refractivity contribution in [2.45, 2.75) is 12.8 Å². The molecule has 2 N–H and O–H groups in total. The Hall–Kier alpha value is -0.610. The smallest absolute Gasteiger partial charge is 0.225 e. The average Bonchev–Trinajstić information content (AvgIpc) is 2.65. The summed E-state index contributed by atoms with van der Waals surface area (Å²) in [6.45, 7) is 3.03. The highest BCUT2D eigenvalue weighted by molar-refractivity contribution is 5.78. The summed E-state index contributed by atoms with van der Waals surface area (Å²) in [5.74, 6) is 0.239. The van der Waals surface area contributed by atoms with E-state index in [1.807, 2.05) is 7.05 Å². The summed E-state index contributed by atoms with van der Waals surface area (Å²) in [5.41, 5.74) is 0. The average molecular weight is 186 g/mol. The van der Waals surface area contributed by atoms with Crippen molar-refractivity contribution < 1.29 is 9.53 Å². The highest BCUT2D eigenvalue weighted by Gasteiger charge is 2.22. The lowest BCUT2D eigenvalue weighted by atomic mass is 10.1. The van der Waals surface area contributed by atoms with Crippen LogP contribution in [0.1, 0.15) is 12.8 Å². The second kappa shape index (κ2) is 5.94. The van der Waals surface area contributed by atoms with Gasteiger partial charge in [0.1, 0.15) is 0 Å². The SMILES string of the molecule is CNCCCNC(=O)C1CCOC1. The van der Waals surface area contributed by atoms with Crippen LogP contribution in [0.5, 0.6) is 0 Å². The number of amides is 1. The van der Waals surface area contributed by atoms with E-state index in [0.717, 1.165) is 32.5 Å². The van der Waals surface area contributed by atoms with Gasteiger partial charge in [-0.15, -0.1) is 0 Å². The van der Waals surface area contributed by atoms with Crippen molar-refractivity contribution in [3.8, 4) is 0 Å². The van der Waals surface area contributed by atoms with Gasteiger partial charge >= 0.3 is 0 Å². The van der Waals surface area contributed by atoms with Crippen LogP contribution in [0.15, 0.2) is 0 Å². The van der Waals surface area contributed by atoms with Gasteiger partial charge in [0.25, 0.3) is 0 Å². The summed E-state index contributed by atoms with van der Waals surface area (Å²) in [4.78, 5) is 11.4. The first-order chi connectivity index (χ1) is 6.34. The summed E-state index contributed by atoms with van der Waals surface area (Å²) in [6.07, 6.45) is 1.85.